The van der Waals surface area contributed by atoms with Crippen molar-refractivity contribution in [2.45, 2.75) is 26.3 Å². The van der Waals surface area contributed by atoms with Crippen LogP contribution in [-0.2, 0) is 0 Å². The van der Waals surface area contributed by atoms with E-state index < -0.39 is 0 Å². The second-order valence-corrected chi connectivity index (χ2v) is 4.66. The number of hydrogen-bond acceptors (Lipinski definition) is 4. The number of nitrogens with zero attached hydrogens (tertiary/aromatic N) is 2. The summed E-state index contributed by atoms with van der Waals surface area (Å²) < 4.78 is 5.33. The summed E-state index contributed by atoms with van der Waals surface area (Å²) in [4.78, 5) is 18.0. The molecule has 2 rings (SSSR count). The van der Waals surface area contributed by atoms with Gasteiger partial charge in [-0.15, -0.1) is 0 Å². The first-order valence-corrected chi connectivity index (χ1v) is 6.28. The molecule has 2 N–H and O–H groups in total. The van der Waals surface area contributed by atoms with E-state index in [9.17, 15) is 4.79 Å². The SMILES string of the molecule is CCC(C)C(N)c1nc(C(=O)N2CC=CC2)co1. The van der Waals surface area contributed by atoms with Crippen molar-refractivity contribution in [3.05, 3.63) is 30.0 Å². The van der Waals surface area contributed by atoms with E-state index in [-0.39, 0.29) is 17.9 Å². The maximum Gasteiger partial charge on any atom is 0.276 e. The van der Waals surface area contributed by atoms with Gasteiger partial charge in [0, 0.05) is 13.1 Å². The summed E-state index contributed by atoms with van der Waals surface area (Å²) in [7, 11) is 0. The van der Waals surface area contributed by atoms with Crippen LogP contribution in [0.4, 0.5) is 0 Å². The molecular formula is C13H19N3O2. The van der Waals surface area contributed by atoms with Crippen LogP contribution in [-0.4, -0.2) is 28.9 Å². The minimum absolute atomic E-state index is 0.105. The number of carbonyl (C=O) groups excluding carboxylic acids is 1. The van der Waals surface area contributed by atoms with E-state index in [2.05, 4.69) is 11.9 Å². The number of aromatic nitrogens is 1. The number of hydrogen-bond donors (Lipinski definition) is 1. The Hall–Kier alpha value is -1.62. The summed E-state index contributed by atoms with van der Waals surface area (Å²) in [6.45, 7) is 5.38. The Morgan fingerprint density at radius 2 is 2.22 bits per heavy atom. The van der Waals surface area contributed by atoms with Crippen LogP contribution in [0, 0.1) is 5.92 Å². The molecule has 2 atom stereocenters. The summed E-state index contributed by atoms with van der Waals surface area (Å²) in [5.74, 6) is 0.617. The molecule has 5 nitrogen and oxygen atoms in total. The Morgan fingerprint density at radius 3 is 2.83 bits per heavy atom. The van der Waals surface area contributed by atoms with Gasteiger partial charge in [0.2, 0.25) is 5.89 Å². The molecule has 2 unspecified atom stereocenters. The van der Waals surface area contributed by atoms with Gasteiger partial charge in [-0.1, -0.05) is 32.4 Å². The van der Waals surface area contributed by atoms with E-state index in [1.54, 1.807) is 4.90 Å². The van der Waals surface area contributed by atoms with Crippen molar-refractivity contribution in [2.24, 2.45) is 11.7 Å². The normalized spacial score (nSPS) is 18.1. The van der Waals surface area contributed by atoms with E-state index in [0.29, 0.717) is 24.7 Å². The second kappa shape index (κ2) is 5.35. The molecule has 1 aromatic heterocycles. The molecule has 0 bridgehead atoms. The minimum atomic E-state index is -0.256. The number of amides is 1. The highest BCUT2D eigenvalue weighted by Gasteiger charge is 2.23. The van der Waals surface area contributed by atoms with Crippen LogP contribution in [0.3, 0.4) is 0 Å². The molecule has 0 radical (unpaired) electrons. The van der Waals surface area contributed by atoms with E-state index >= 15 is 0 Å². The first kappa shape index (κ1) is 12.8. The molecule has 0 spiro atoms. The van der Waals surface area contributed by atoms with Gasteiger partial charge in [0.15, 0.2) is 5.69 Å². The van der Waals surface area contributed by atoms with Gasteiger partial charge in [0.25, 0.3) is 5.91 Å². The van der Waals surface area contributed by atoms with Crippen molar-refractivity contribution in [3.63, 3.8) is 0 Å². The molecule has 0 saturated heterocycles. The third-order valence-electron chi connectivity index (χ3n) is 3.39. The average molecular weight is 249 g/mol. The smallest absolute Gasteiger partial charge is 0.276 e. The first-order chi connectivity index (χ1) is 8.63. The summed E-state index contributed by atoms with van der Waals surface area (Å²) >= 11 is 0. The molecule has 1 aliphatic heterocycles. The van der Waals surface area contributed by atoms with Crippen LogP contribution in [0.2, 0.25) is 0 Å². The van der Waals surface area contributed by atoms with Gasteiger partial charge in [-0.25, -0.2) is 4.98 Å². The minimum Gasteiger partial charge on any atom is -0.446 e. The molecule has 1 amide bonds. The molecule has 5 heteroatoms. The highest BCUT2D eigenvalue weighted by molar-refractivity contribution is 5.92. The van der Waals surface area contributed by atoms with E-state index in [4.69, 9.17) is 10.2 Å². The van der Waals surface area contributed by atoms with Crippen LogP contribution in [0.5, 0.6) is 0 Å². The van der Waals surface area contributed by atoms with Gasteiger partial charge >= 0.3 is 0 Å². The topological polar surface area (TPSA) is 72.4 Å². The largest absolute Gasteiger partial charge is 0.446 e. The Bertz CT molecular complexity index is 445. The highest BCUT2D eigenvalue weighted by atomic mass is 16.3. The van der Waals surface area contributed by atoms with Crippen LogP contribution in [0.1, 0.15) is 42.7 Å². The molecule has 0 saturated carbocycles. The number of oxazole rings is 1. The first-order valence-electron chi connectivity index (χ1n) is 6.28. The monoisotopic (exact) mass is 249 g/mol. The van der Waals surface area contributed by atoms with Gasteiger partial charge in [-0.3, -0.25) is 4.79 Å². The highest BCUT2D eigenvalue weighted by Crippen LogP contribution is 2.21. The summed E-state index contributed by atoms with van der Waals surface area (Å²) in [5, 5.41) is 0. The Balaban J connectivity index is 2.07. The average Bonchev–Trinajstić information content (AvgIpc) is 3.06. The molecule has 98 valence electrons. The number of carbonyl (C=O) groups is 1. The maximum atomic E-state index is 12.0. The lowest BCUT2D eigenvalue weighted by atomic mass is 10.0. The Kier molecular flexibility index (Phi) is 3.81. The third-order valence-corrected chi connectivity index (χ3v) is 3.39. The second-order valence-electron chi connectivity index (χ2n) is 4.66. The zero-order chi connectivity index (χ0) is 13.1. The molecule has 0 aromatic carbocycles. The zero-order valence-electron chi connectivity index (χ0n) is 10.8. The number of nitrogens with two attached hydrogens (primary N) is 1. The quantitative estimate of drug-likeness (QED) is 0.825. The van der Waals surface area contributed by atoms with Crippen molar-refractivity contribution in [3.8, 4) is 0 Å². The maximum absolute atomic E-state index is 12.0. The summed E-state index contributed by atoms with van der Waals surface area (Å²) in [6.07, 6.45) is 6.27. The molecule has 2 heterocycles. The van der Waals surface area contributed by atoms with Gasteiger partial charge in [-0.05, 0) is 5.92 Å². The van der Waals surface area contributed by atoms with Crippen molar-refractivity contribution in [2.75, 3.05) is 13.1 Å². The summed E-state index contributed by atoms with van der Waals surface area (Å²) in [5.41, 5.74) is 6.36. The van der Waals surface area contributed by atoms with Crippen LogP contribution in [0.25, 0.3) is 0 Å². The van der Waals surface area contributed by atoms with E-state index in [1.807, 2.05) is 19.1 Å². The number of rotatable bonds is 4. The van der Waals surface area contributed by atoms with E-state index in [0.717, 1.165) is 6.42 Å². The third kappa shape index (κ3) is 2.46. The van der Waals surface area contributed by atoms with Crippen molar-refractivity contribution < 1.29 is 9.21 Å². The van der Waals surface area contributed by atoms with Crippen molar-refractivity contribution in [1.82, 2.24) is 9.88 Å². The van der Waals surface area contributed by atoms with Crippen molar-refractivity contribution in [1.29, 1.82) is 0 Å². The molecule has 1 aliphatic rings. The van der Waals surface area contributed by atoms with Crippen LogP contribution < -0.4 is 5.73 Å². The molecular weight excluding hydrogens is 230 g/mol. The standard InChI is InChI=1S/C13H19N3O2/c1-3-9(2)11(14)12-15-10(8-18-12)13(17)16-6-4-5-7-16/h4-5,8-9,11H,3,6-7,14H2,1-2H3. The van der Waals surface area contributed by atoms with Crippen LogP contribution in [0.15, 0.2) is 22.8 Å². The molecule has 18 heavy (non-hydrogen) atoms. The summed E-state index contributed by atoms with van der Waals surface area (Å²) in [6, 6.07) is -0.256. The predicted octanol–water partition coefficient (Wildman–Crippen LogP) is 1.73. The van der Waals surface area contributed by atoms with Crippen LogP contribution >= 0.6 is 0 Å². The van der Waals surface area contributed by atoms with Gasteiger partial charge in [-0.2, -0.15) is 0 Å². The lowest BCUT2D eigenvalue weighted by molar-refractivity contribution is 0.0794. The van der Waals surface area contributed by atoms with Crippen molar-refractivity contribution >= 4 is 5.91 Å². The Morgan fingerprint density at radius 1 is 1.56 bits per heavy atom. The van der Waals surface area contributed by atoms with Gasteiger partial charge in [0.1, 0.15) is 6.26 Å². The lowest BCUT2D eigenvalue weighted by Gasteiger charge is -2.14. The fraction of sp³-hybridized carbons (Fsp3) is 0.538. The fourth-order valence-electron chi connectivity index (χ4n) is 1.84. The van der Waals surface area contributed by atoms with E-state index in [1.165, 1.54) is 6.26 Å². The molecule has 1 aromatic rings. The predicted molar refractivity (Wildman–Crippen MR) is 67.9 cm³/mol. The van der Waals surface area contributed by atoms with Gasteiger partial charge < -0.3 is 15.1 Å². The lowest BCUT2D eigenvalue weighted by Crippen LogP contribution is -2.28. The zero-order valence-corrected chi connectivity index (χ0v) is 10.8. The molecule has 0 aliphatic carbocycles. The fourth-order valence-corrected chi connectivity index (χ4v) is 1.84. The van der Waals surface area contributed by atoms with Gasteiger partial charge in [0.05, 0.1) is 6.04 Å². The Labute approximate surface area is 107 Å². The molecule has 0 fully saturated rings.